The first-order valence-electron chi connectivity index (χ1n) is 10.2. The van der Waals surface area contributed by atoms with Gasteiger partial charge in [-0.15, -0.1) is 23.7 Å². The van der Waals surface area contributed by atoms with Crippen LogP contribution < -0.4 is 11.1 Å². The van der Waals surface area contributed by atoms with Gasteiger partial charge in [-0.25, -0.2) is 4.98 Å². The zero-order valence-corrected chi connectivity index (χ0v) is 17.8. The van der Waals surface area contributed by atoms with E-state index in [4.69, 9.17) is 10.2 Å². The number of halogens is 1. The fourth-order valence-electron chi connectivity index (χ4n) is 4.89. The van der Waals surface area contributed by atoms with Crippen LogP contribution in [-0.2, 0) is 11.3 Å². The molecule has 2 unspecified atom stereocenters. The highest BCUT2D eigenvalue weighted by molar-refractivity contribution is 7.21. The van der Waals surface area contributed by atoms with Gasteiger partial charge >= 0.3 is 0 Å². The van der Waals surface area contributed by atoms with Crippen LogP contribution in [0, 0.1) is 17.8 Å². The predicted octanol–water partition coefficient (Wildman–Crippen LogP) is 4.75. The van der Waals surface area contributed by atoms with Gasteiger partial charge in [0.2, 0.25) is 5.91 Å². The summed E-state index contributed by atoms with van der Waals surface area (Å²) in [5, 5.41) is 3.94. The second kappa shape index (κ2) is 8.46. The van der Waals surface area contributed by atoms with Crippen LogP contribution in [0.15, 0.2) is 40.8 Å². The lowest BCUT2D eigenvalue weighted by Gasteiger charge is -2.43. The minimum Gasteiger partial charge on any atom is -0.457 e. The molecule has 2 fully saturated rings. The van der Waals surface area contributed by atoms with Crippen LogP contribution >= 0.6 is 23.7 Å². The number of carbonyl (C=O) groups excluding carboxylic acids is 1. The van der Waals surface area contributed by atoms with Gasteiger partial charge < -0.3 is 15.5 Å². The molecular formula is C22H26ClN3O2S. The van der Waals surface area contributed by atoms with Gasteiger partial charge in [0.05, 0.1) is 16.8 Å². The molecule has 2 saturated carbocycles. The molecule has 5 nitrogen and oxygen atoms in total. The number of amides is 1. The average molecular weight is 432 g/mol. The van der Waals surface area contributed by atoms with E-state index < -0.39 is 0 Å². The molecule has 3 aromatic rings. The molecule has 2 aliphatic carbocycles. The predicted molar refractivity (Wildman–Crippen MR) is 118 cm³/mol. The van der Waals surface area contributed by atoms with Gasteiger partial charge in [0.25, 0.3) is 0 Å². The molecule has 0 aliphatic heterocycles. The van der Waals surface area contributed by atoms with E-state index in [9.17, 15) is 4.79 Å². The lowest BCUT2D eigenvalue weighted by atomic mass is 9.65. The zero-order valence-electron chi connectivity index (χ0n) is 16.2. The summed E-state index contributed by atoms with van der Waals surface area (Å²) < 4.78 is 7.09. The number of rotatable bonds is 4. The number of nitrogens with zero attached hydrogens (tertiary/aromatic N) is 1. The van der Waals surface area contributed by atoms with Gasteiger partial charge in [-0.3, -0.25) is 4.79 Å². The van der Waals surface area contributed by atoms with Crippen molar-refractivity contribution in [2.24, 2.45) is 23.5 Å². The Morgan fingerprint density at radius 2 is 1.93 bits per heavy atom. The van der Waals surface area contributed by atoms with Gasteiger partial charge in [-0.2, -0.15) is 0 Å². The third-order valence-corrected chi connectivity index (χ3v) is 7.44. The van der Waals surface area contributed by atoms with Crippen molar-refractivity contribution in [1.29, 1.82) is 0 Å². The Bertz CT molecular complexity index is 954. The molecule has 2 bridgehead atoms. The Kier molecular flexibility index (Phi) is 5.95. The fourth-order valence-corrected chi connectivity index (χ4v) is 5.81. The Morgan fingerprint density at radius 1 is 1.17 bits per heavy atom. The van der Waals surface area contributed by atoms with E-state index in [1.807, 2.05) is 30.3 Å². The van der Waals surface area contributed by atoms with E-state index in [0.29, 0.717) is 24.4 Å². The van der Waals surface area contributed by atoms with Crippen LogP contribution in [0.3, 0.4) is 0 Å². The number of aromatic nitrogens is 1. The molecule has 0 saturated heterocycles. The van der Waals surface area contributed by atoms with Crippen molar-refractivity contribution >= 4 is 39.9 Å². The van der Waals surface area contributed by atoms with Crippen molar-refractivity contribution < 1.29 is 9.21 Å². The summed E-state index contributed by atoms with van der Waals surface area (Å²) in [7, 11) is 0. The summed E-state index contributed by atoms with van der Waals surface area (Å²) in [5.41, 5.74) is 7.33. The number of hydrogen-bond acceptors (Lipinski definition) is 5. The van der Waals surface area contributed by atoms with Crippen molar-refractivity contribution in [3.05, 3.63) is 42.2 Å². The molecule has 2 atom stereocenters. The first-order valence-corrected chi connectivity index (χ1v) is 11.0. The number of carbonyl (C=O) groups is 1. The molecule has 7 heteroatoms. The van der Waals surface area contributed by atoms with Crippen LogP contribution in [0.4, 0.5) is 0 Å². The standard InChI is InChI=1S/C22H25N3O2S.ClH/c23-20-13-4-3-5-14(20)11-15(10-13)21(26)24-12-16-8-9-18(27-16)22-25-17-6-1-2-7-19(17)28-22;/h1-2,6-9,13-15,20H,3-5,10-12,23H2,(H,24,26);1H. The van der Waals surface area contributed by atoms with Gasteiger partial charge in [-0.05, 0) is 61.8 Å². The highest BCUT2D eigenvalue weighted by atomic mass is 35.5. The summed E-state index contributed by atoms with van der Waals surface area (Å²) >= 11 is 1.62. The number of thiazole rings is 1. The van der Waals surface area contributed by atoms with Gasteiger partial charge in [0, 0.05) is 12.0 Å². The second-order valence-electron chi connectivity index (χ2n) is 8.17. The quantitative estimate of drug-likeness (QED) is 0.624. The highest BCUT2D eigenvalue weighted by Gasteiger charge is 2.40. The van der Waals surface area contributed by atoms with Crippen molar-refractivity contribution in [1.82, 2.24) is 10.3 Å². The highest BCUT2D eigenvalue weighted by Crippen LogP contribution is 2.42. The van der Waals surface area contributed by atoms with Gasteiger partial charge in [-0.1, -0.05) is 18.6 Å². The van der Waals surface area contributed by atoms with Crippen LogP contribution in [0.5, 0.6) is 0 Å². The lowest BCUT2D eigenvalue weighted by Crippen LogP contribution is -2.49. The normalized spacial score (nSPS) is 26.1. The summed E-state index contributed by atoms with van der Waals surface area (Å²) in [6.45, 7) is 0.418. The molecule has 2 aromatic heterocycles. The van der Waals surface area contributed by atoms with Crippen LogP contribution in [0.25, 0.3) is 21.0 Å². The van der Waals surface area contributed by atoms with Gasteiger partial charge in [0.1, 0.15) is 5.76 Å². The van der Waals surface area contributed by atoms with Gasteiger partial charge in [0.15, 0.2) is 10.8 Å². The summed E-state index contributed by atoms with van der Waals surface area (Å²) in [5.74, 6) is 2.77. The monoisotopic (exact) mass is 431 g/mol. The van der Waals surface area contributed by atoms with E-state index in [1.54, 1.807) is 11.3 Å². The minimum atomic E-state index is 0. The molecule has 154 valence electrons. The first-order chi connectivity index (χ1) is 13.7. The molecule has 2 aliphatic rings. The third kappa shape index (κ3) is 4.06. The average Bonchev–Trinajstić information content (AvgIpc) is 3.32. The molecule has 1 amide bonds. The van der Waals surface area contributed by atoms with E-state index in [2.05, 4.69) is 16.4 Å². The number of benzene rings is 1. The number of para-hydroxylation sites is 1. The van der Waals surface area contributed by atoms with Crippen LogP contribution in [0.2, 0.25) is 0 Å². The maximum absolute atomic E-state index is 12.7. The molecule has 2 heterocycles. The third-order valence-electron chi connectivity index (χ3n) is 6.39. The number of nitrogens with two attached hydrogens (primary N) is 1. The first kappa shape index (κ1) is 20.4. The van der Waals surface area contributed by atoms with Crippen molar-refractivity contribution in [2.75, 3.05) is 0 Å². The van der Waals surface area contributed by atoms with Crippen LogP contribution in [-0.4, -0.2) is 16.9 Å². The maximum atomic E-state index is 12.7. The second-order valence-corrected chi connectivity index (χ2v) is 9.20. The van der Waals surface area contributed by atoms with E-state index in [0.717, 1.165) is 39.6 Å². The minimum absolute atomic E-state index is 0. The Labute approximate surface area is 180 Å². The largest absolute Gasteiger partial charge is 0.457 e. The Balaban J connectivity index is 0.00000205. The van der Waals surface area contributed by atoms with Crippen molar-refractivity contribution in [2.45, 2.75) is 44.7 Å². The van der Waals surface area contributed by atoms with Crippen LogP contribution in [0.1, 0.15) is 37.9 Å². The summed E-state index contributed by atoms with van der Waals surface area (Å²) in [4.78, 5) is 17.3. The van der Waals surface area contributed by atoms with Crippen molar-refractivity contribution in [3.8, 4) is 10.8 Å². The van der Waals surface area contributed by atoms with E-state index >= 15 is 0 Å². The van der Waals surface area contributed by atoms with E-state index in [-0.39, 0.29) is 24.2 Å². The molecule has 0 spiro atoms. The zero-order chi connectivity index (χ0) is 19.1. The smallest absolute Gasteiger partial charge is 0.223 e. The lowest BCUT2D eigenvalue weighted by molar-refractivity contribution is -0.128. The molecule has 3 N–H and O–H groups in total. The number of nitrogens with one attached hydrogen (secondary N) is 1. The number of furan rings is 1. The molecule has 5 rings (SSSR count). The Morgan fingerprint density at radius 3 is 2.69 bits per heavy atom. The van der Waals surface area contributed by atoms with E-state index in [1.165, 1.54) is 19.3 Å². The molecule has 1 aromatic carbocycles. The summed E-state index contributed by atoms with van der Waals surface area (Å²) in [6.07, 6.45) is 5.46. The SMILES string of the molecule is Cl.NC1C2CCCC1CC(C(=O)NCc1ccc(-c3nc4ccccc4s3)o1)C2. The fraction of sp³-hybridized carbons (Fsp3) is 0.455. The molecule has 29 heavy (non-hydrogen) atoms. The molecule has 0 radical (unpaired) electrons. The van der Waals surface area contributed by atoms with Crippen molar-refractivity contribution in [3.63, 3.8) is 0 Å². The Hall–Kier alpha value is -1.89. The summed E-state index contributed by atoms with van der Waals surface area (Å²) in [6, 6.07) is 12.2. The molecular weight excluding hydrogens is 406 g/mol. The topological polar surface area (TPSA) is 81.2 Å². The maximum Gasteiger partial charge on any atom is 0.223 e. The number of fused-ring (bicyclic) bond motifs is 3. The number of hydrogen-bond donors (Lipinski definition) is 2.